The Bertz CT molecular complexity index is 518. The highest BCUT2D eigenvalue weighted by Crippen LogP contribution is 2.24. The Morgan fingerprint density at radius 2 is 2.10 bits per heavy atom. The fourth-order valence-electron chi connectivity index (χ4n) is 2.23. The first-order valence-corrected chi connectivity index (χ1v) is 7.30. The van der Waals surface area contributed by atoms with Crippen molar-refractivity contribution in [3.05, 3.63) is 16.5 Å². The Morgan fingerprint density at radius 1 is 1.40 bits per heavy atom. The van der Waals surface area contributed by atoms with Crippen molar-refractivity contribution in [3.63, 3.8) is 0 Å². The average molecular weight is 297 g/mol. The van der Waals surface area contributed by atoms with Crippen molar-refractivity contribution >= 4 is 23.3 Å². The van der Waals surface area contributed by atoms with Crippen molar-refractivity contribution in [2.45, 2.75) is 45.6 Å². The zero-order chi connectivity index (χ0) is 14.9. The van der Waals surface area contributed by atoms with Crippen LogP contribution in [0.1, 0.15) is 44.0 Å². The lowest BCUT2D eigenvalue weighted by molar-refractivity contribution is -0.132. The number of nitrogens with one attached hydrogen (secondary N) is 1. The standard InChI is InChI=1S/C14H21ClN4O/c1-8(2)13-17-12(15)9(3)14(18-13)16-10-5-6-11(20)19(4)7-10/h8,10H,5-7H2,1-4H3,(H,16,17,18). The summed E-state index contributed by atoms with van der Waals surface area (Å²) >= 11 is 6.18. The van der Waals surface area contributed by atoms with E-state index < -0.39 is 0 Å². The summed E-state index contributed by atoms with van der Waals surface area (Å²) in [5.41, 5.74) is 0.857. The maximum absolute atomic E-state index is 11.5. The molecule has 1 aromatic rings. The Morgan fingerprint density at radius 3 is 2.70 bits per heavy atom. The molecular weight excluding hydrogens is 276 g/mol. The summed E-state index contributed by atoms with van der Waals surface area (Å²) in [6.45, 7) is 6.68. The third kappa shape index (κ3) is 3.20. The van der Waals surface area contributed by atoms with Crippen molar-refractivity contribution in [2.75, 3.05) is 18.9 Å². The second kappa shape index (κ2) is 5.95. The number of anilines is 1. The van der Waals surface area contributed by atoms with Crippen LogP contribution in [0.5, 0.6) is 0 Å². The van der Waals surface area contributed by atoms with Gasteiger partial charge in [0.2, 0.25) is 5.91 Å². The Balaban J connectivity index is 2.18. The number of likely N-dealkylation sites (N-methyl/N-ethyl adjacent to an activating group) is 1. The molecule has 0 spiro atoms. The van der Waals surface area contributed by atoms with E-state index in [4.69, 9.17) is 11.6 Å². The van der Waals surface area contributed by atoms with E-state index in [1.807, 2.05) is 27.8 Å². The highest BCUT2D eigenvalue weighted by atomic mass is 35.5. The highest BCUT2D eigenvalue weighted by Gasteiger charge is 2.24. The maximum Gasteiger partial charge on any atom is 0.222 e. The highest BCUT2D eigenvalue weighted by molar-refractivity contribution is 6.30. The molecule has 1 aliphatic heterocycles. The first-order chi connectivity index (χ1) is 9.38. The van der Waals surface area contributed by atoms with E-state index in [1.165, 1.54) is 0 Å². The summed E-state index contributed by atoms with van der Waals surface area (Å²) in [5.74, 6) is 1.94. The van der Waals surface area contributed by atoms with Crippen molar-refractivity contribution in [2.24, 2.45) is 0 Å². The molecule has 1 aliphatic rings. The van der Waals surface area contributed by atoms with Gasteiger partial charge in [-0.3, -0.25) is 4.79 Å². The number of piperidine rings is 1. The molecule has 1 unspecified atom stereocenters. The van der Waals surface area contributed by atoms with Crippen molar-refractivity contribution < 1.29 is 4.79 Å². The number of likely N-dealkylation sites (tertiary alicyclic amines) is 1. The fraction of sp³-hybridized carbons (Fsp3) is 0.643. The lowest BCUT2D eigenvalue weighted by atomic mass is 10.1. The SMILES string of the molecule is Cc1c(Cl)nc(C(C)C)nc1NC1CCC(=O)N(C)C1. The van der Waals surface area contributed by atoms with Gasteiger partial charge in [0, 0.05) is 37.5 Å². The number of amides is 1. The molecule has 1 atom stereocenters. The topological polar surface area (TPSA) is 58.1 Å². The van der Waals surface area contributed by atoms with Gasteiger partial charge in [-0.2, -0.15) is 0 Å². The molecule has 2 rings (SSSR count). The van der Waals surface area contributed by atoms with Crippen LogP contribution in [-0.4, -0.2) is 40.4 Å². The summed E-state index contributed by atoms with van der Waals surface area (Å²) in [5, 5.41) is 3.90. The van der Waals surface area contributed by atoms with Crippen molar-refractivity contribution in [1.82, 2.24) is 14.9 Å². The molecule has 0 radical (unpaired) electrons. The molecule has 2 heterocycles. The summed E-state index contributed by atoms with van der Waals surface area (Å²) in [7, 11) is 1.83. The summed E-state index contributed by atoms with van der Waals surface area (Å²) in [6.07, 6.45) is 1.39. The van der Waals surface area contributed by atoms with Crippen LogP contribution < -0.4 is 5.32 Å². The second-order valence-electron chi connectivity index (χ2n) is 5.66. The van der Waals surface area contributed by atoms with Crippen LogP contribution in [0.2, 0.25) is 5.15 Å². The average Bonchev–Trinajstić information content (AvgIpc) is 2.38. The minimum Gasteiger partial charge on any atom is -0.365 e. The van der Waals surface area contributed by atoms with E-state index >= 15 is 0 Å². The molecule has 0 aromatic carbocycles. The molecule has 0 bridgehead atoms. The van der Waals surface area contributed by atoms with Gasteiger partial charge in [0.05, 0.1) is 0 Å². The van der Waals surface area contributed by atoms with Gasteiger partial charge >= 0.3 is 0 Å². The third-order valence-corrected chi connectivity index (χ3v) is 3.96. The summed E-state index contributed by atoms with van der Waals surface area (Å²) in [4.78, 5) is 22.1. The molecular formula is C14H21ClN4O. The van der Waals surface area contributed by atoms with Crippen molar-refractivity contribution in [3.8, 4) is 0 Å². The van der Waals surface area contributed by atoms with Crippen molar-refractivity contribution in [1.29, 1.82) is 0 Å². The number of carbonyl (C=O) groups is 1. The van der Waals surface area contributed by atoms with Crippen LogP contribution in [0.15, 0.2) is 0 Å². The molecule has 1 aromatic heterocycles. The summed E-state index contributed by atoms with van der Waals surface area (Å²) < 4.78 is 0. The Labute approximate surface area is 124 Å². The molecule has 110 valence electrons. The van der Waals surface area contributed by atoms with E-state index in [0.29, 0.717) is 18.1 Å². The number of hydrogen-bond acceptors (Lipinski definition) is 4. The molecule has 5 nitrogen and oxygen atoms in total. The minimum absolute atomic E-state index is 0.198. The molecule has 1 saturated heterocycles. The van der Waals surface area contributed by atoms with Crippen LogP contribution in [-0.2, 0) is 4.79 Å². The Hall–Kier alpha value is -1.36. The van der Waals surface area contributed by atoms with Gasteiger partial charge in [-0.25, -0.2) is 9.97 Å². The second-order valence-corrected chi connectivity index (χ2v) is 6.01. The third-order valence-electron chi connectivity index (χ3n) is 3.59. The molecule has 0 aliphatic carbocycles. The van der Waals surface area contributed by atoms with Gasteiger partial charge in [-0.1, -0.05) is 25.4 Å². The van der Waals surface area contributed by atoms with Crippen LogP contribution in [0, 0.1) is 6.92 Å². The van der Waals surface area contributed by atoms with E-state index in [9.17, 15) is 4.79 Å². The summed E-state index contributed by atoms with van der Waals surface area (Å²) in [6, 6.07) is 0.211. The van der Waals surface area contributed by atoms with Crippen LogP contribution in [0.4, 0.5) is 5.82 Å². The minimum atomic E-state index is 0.198. The molecule has 1 amide bonds. The molecule has 1 fully saturated rings. The number of rotatable bonds is 3. The van der Waals surface area contributed by atoms with Crippen LogP contribution in [0.3, 0.4) is 0 Å². The molecule has 1 N–H and O–H groups in total. The van der Waals surface area contributed by atoms with E-state index in [0.717, 1.165) is 23.6 Å². The van der Waals surface area contributed by atoms with Gasteiger partial charge in [0.15, 0.2) is 0 Å². The normalized spacial score (nSPS) is 19.6. The predicted octanol–water partition coefficient (Wildman–Crippen LogP) is 2.59. The number of halogens is 1. The fourth-order valence-corrected chi connectivity index (χ4v) is 2.40. The zero-order valence-electron chi connectivity index (χ0n) is 12.4. The largest absolute Gasteiger partial charge is 0.365 e. The van der Waals surface area contributed by atoms with Gasteiger partial charge in [0.25, 0.3) is 0 Å². The first kappa shape index (κ1) is 15.0. The number of aromatic nitrogens is 2. The number of hydrogen-bond donors (Lipinski definition) is 1. The zero-order valence-corrected chi connectivity index (χ0v) is 13.2. The van der Waals surface area contributed by atoms with Gasteiger partial charge in [-0.15, -0.1) is 0 Å². The molecule has 0 saturated carbocycles. The lowest BCUT2D eigenvalue weighted by Crippen LogP contribution is -2.43. The Kier molecular flexibility index (Phi) is 4.48. The van der Waals surface area contributed by atoms with Gasteiger partial charge < -0.3 is 10.2 Å². The predicted molar refractivity (Wildman–Crippen MR) is 80.1 cm³/mol. The van der Waals surface area contributed by atoms with Crippen LogP contribution in [0.25, 0.3) is 0 Å². The molecule has 6 heteroatoms. The maximum atomic E-state index is 11.5. The van der Waals surface area contributed by atoms with Gasteiger partial charge in [-0.05, 0) is 13.3 Å². The number of nitrogens with zero attached hydrogens (tertiary/aromatic N) is 3. The lowest BCUT2D eigenvalue weighted by Gasteiger charge is -2.31. The van der Waals surface area contributed by atoms with Gasteiger partial charge in [0.1, 0.15) is 16.8 Å². The van der Waals surface area contributed by atoms with E-state index in [1.54, 1.807) is 4.90 Å². The van der Waals surface area contributed by atoms with E-state index in [2.05, 4.69) is 15.3 Å². The monoisotopic (exact) mass is 296 g/mol. The van der Waals surface area contributed by atoms with E-state index in [-0.39, 0.29) is 17.9 Å². The first-order valence-electron chi connectivity index (χ1n) is 6.93. The smallest absolute Gasteiger partial charge is 0.222 e. The number of carbonyl (C=O) groups excluding carboxylic acids is 1. The van der Waals surface area contributed by atoms with Crippen LogP contribution >= 0.6 is 11.6 Å². The quantitative estimate of drug-likeness (QED) is 0.871. The molecule has 20 heavy (non-hydrogen) atoms.